The van der Waals surface area contributed by atoms with E-state index in [0.717, 1.165) is 10.8 Å². The highest BCUT2D eigenvalue weighted by Gasteiger charge is 2.24. The second-order valence-corrected chi connectivity index (χ2v) is 8.35. The Bertz CT molecular complexity index is 1650. The molecule has 0 fully saturated rings. The first-order chi connectivity index (χ1) is 16.6. The number of hydrogen-bond acceptors (Lipinski definition) is 1. The minimum atomic E-state index is 0.0853. The van der Waals surface area contributed by atoms with Crippen molar-refractivity contribution in [2.75, 3.05) is 0 Å². The van der Waals surface area contributed by atoms with Crippen molar-refractivity contribution < 1.29 is 4.42 Å². The summed E-state index contributed by atoms with van der Waals surface area (Å²) in [5.41, 5.74) is 3.78. The average molecular weight is 418 g/mol. The first kappa shape index (κ1) is 24.0. The van der Waals surface area contributed by atoms with E-state index in [2.05, 4.69) is 0 Å². The van der Waals surface area contributed by atoms with E-state index in [-0.39, 0.29) is 54.6 Å². The van der Waals surface area contributed by atoms with Gasteiger partial charge in [0.1, 0.15) is 89.6 Å². The minimum absolute atomic E-state index is 0.0853. The van der Waals surface area contributed by atoms with E-state index >= 15 is 0 Å². The van der Waals surface area contributed by atoms with Gasteiger partial charge in [0, 0.05) is 16.3 Å². The topological polar surface area (TPSA) is 13.1 Å². The van der Waals surface area contributed by atoms with E-state index in [1.54, 1.807) is 6.07 Å². The number of fused-ring (bicyclic) bond motifs is 3. The lowest BCUT2D eigenvalue weighted by Crippen LogP contribution is -2.56. The molecule has 0 atom stereocenters. The summed E-state index contributed by atoms with van der Waals surface area (Å²) >= 11 is 0. The second-order valence-electron chi connectivity index (χ2n) is 8.35. The van der Waals surface area contributed by atoms with Crippen molar-refractivity contribution in [1.82, 2.24) is 0 Å². The SMILES string of the molecule is [B]c1c([B])c([B])c(-c2ccc3c(oc4ccccc43)c2-c2c([B])c([B])c([B])c([B])c2[B])c([B])c1[B]. The molecule has 0 unspecified atom stereocenters. The lowest BCUT2D eigenvalue weighted by atomic mass is 9.58. The van der Waals surface area contributed by atoms with Gasteiger partial charge in [0.25, 0.3) is 0 Å². The van der Waals surface area contributed by atoms with Crippen LogP contribution >= 0.6 is 0 Å². The molecule has 1 aromatic heterocycles. The Morgan fingerprint density at radius 3 is 1.40 bits per heavy atom. The number of hydrogen-bond donors (Lipinski definition) is 0. The van der Waals surface area contributed by atoms with Crippen LogP contribution in [0.3, 0.4) is 0 Å². The molecule has 0 spiro atoms. The molecule has 5 rings (SSSR count). The van der Waals surface area contributed by atoms with Crippen LogP contribution in [-0.2, 0) is 0 Å². The minimum Gasteiger partial charge on any atom is -0.455 e. The summed E-state index contributed by atoms with van der Waals surface area (Å²) in [5.74, 6) is 0. The van der Waals surface area contributed by atoms with E-state index in [4.69, 9.17) is 82.9 Å². The van der Waals surface area contributed by atoms with Gasteiger partial charge in [-0.3, -0.25) is 0 Å². The molecule has 11 heteroatoms. The van der Waals surface area contributed by atoms with Crippen molar-refractivity contribution in [3.63, 3.8) is 0 Å². The molecule has 0 aliphatic rings. The Morgan fingerprint density at radius 1 is 0.400 bits per heavy atom. The summed E-state index contributed by atoms with van der Waals surface area (Å²) in [6.45, 7) is 0. The molecule has 20 radical (unpaired) electrons. The maximum Gasteiger partial charge on any atom is 0.143 e. The number of furan rings is 1. The van der Waals surface area contributed by atoms with Crippen molar-refractivity contribution in [3.05, 3.63) is 36.4 Å². The average Bonchev–Trinajstić information content (AvgIpc) is 3.23. The standard InChI is InChI=1S/C24H6B10O/c25-14-12(15(26)19(30)22(33)18(14)29)9-6-5-8-7-3-1-2-4-10(7)35-24(8)11(9)13-16(27)20(31)23(34)21(32)17(13)28/h1-6H. The van der Waals surface area contributed by atoms with Crippen LogP contribution in [-0.4, -0.2) is 78.5 Å². The quantitative estimate of drug-likeness (QED) is 0.262. The van der Waals surface area contributed by atoms with Crippen molar-refractivity contribution in [3.8, 4) is 22.3 Å². The van der Waals surface area contributed by atoms with E-state index in [0.29, 0.717) is 33.4 Å². The predicted octanol–water partition coefficient (Wildman–Crippen LogP) is -5.14. The molecule has 0 N–H and O–H groups in total. The summed E-state index contributed by atoms with van der Waals surface area (Å²) < 4.78 is 6.29. The molecule has 0 bridgehead atoms. The molecule has 0 saturated carbocycles. The van der Waals surface area contributed by atoms with Crippen LogP contribution in [0.15, 0.2) is 40.8 Å². The Labute approximate surface area is 217 Å². The molecule has 1 heterocycles. The van der Waals surface area contributed by atoms with Gasteiger partial charge in [0.05, 0.1) is 0 Å². The van der Waals surface area contributed by atoms with Gasteiger partial charge in [-0.1, -0.05) is 46.1 Å². The first-order valence-electron chi connectivity index (χ1n) is 10.5. The van der Waals surface area contributed by atoms with Crippen molar-refractivity contribution >= 4 is 155 Å². The molecule has 0 aliphatic carbocycles. The first-order valence-corrected chi connectivity index (χ1v) is 10.5. The Hall–Kier alpha value is -2.67. The third-order valence-corrected chi connectivity index (χ3v) is 6.46. The van der Waals surface area contributed by atoms with Crippen LogP contribution in [0.2, 0.25) is 0 Å². The fourth-order valence-corrected chi connectivity index (χ4v) is 4.50. The van der Waals surface area contributed by atoms with Crippen LogP contribution in [0.1, 0.15) is 0 Å². The van der Waals surface area contributed by atoms with Crippen molar-refractivity contribution in [1.29, 1.82) is 0 Å². The van der Waals surface area contributed by atoms with Gasteiger partial charge in [-0.05, 0) is 28.8 Å². The van der Waals surface area contributed by atoms with E-state index < -0.39 is 0 Å². The van der Waals surface area contributed by atoms with Gasteiger partial charge < -0.3 is 4.42 Å². The second kappa shape index (κ2) is 8.47. The normalized spacial score (nSPS) is 11.4. The van der Waals surface area contributed by atoms with Gasteiger partial charge in [0.15, 0.2) is 0 Å². The van der Waals surface area contributed by atoms with E-state index in [1.807, 2.05) is 30.3 Å². The molecule has 0 saturated heterocycles. The summed E-state index contributed by atoms with van der Waals surface area (Å²) in [6, 6.07) is 11.2. The maximum atomic E-state index is 6.46. The Morgan fingerprint density at radius 2 is 0.857 bits per heavy atom. The summed E-state index contributed by atoms with van der Waals surface area (Å²) in [7, 11) is 62.5. The molecule has 0 amide bonds. The fraction of sp³-hybridized carbons (Fsp3) is 0. The Kier molecular flexibility index (Phi) is 5.82. The summed E-state index contributed by atoms with van der Waals surface area (Å²) in [4.78, 5) is 0. The van der Waals surface area contributed by atoms with Crippen LogP contribution in [0, 0.1) is 0 Å². The smallest absolute Gasteiger partial charge is 0.143 e. The van der Waals surface area contributed by atoms with E-state index in [1.165, 1.54) is 0 Å². The molecule has 5 aromatic rings. The molecular weight excluding hydrogens is 412 g/mol. The number of rotatable bonds is 2. The van der Waals surface area contributed by atoms with Gasteiger partial charge in [0.2, 0.25) is 0 Å². The third kappa shape index (κ3) is 3.38. The number of para-hydroxylation sites is 1. The zero-order valence-electron chi connectivity index (χ0n) is 18.6. The zero-order valence-corrected chi connectivity index (χ0v) is 18.6. The van der Waals surface area contributed by atoms with Gasteiger partial charge in [-0.15, -0.1) is 32.8 Å². The zero-order chi connectivity index (χ0) is 25.3. The summed E-state index contributed by atoms with van der Waals surface area (Å²) in [5, 5.41) is 1.67. The third-order valence-electron chi connectivity index (χ3n) is 6.46. The van der Waals surface area contributed by atoms with Crippen LogP contribution < -0.4 is 54.6 Å². The van der Waals surface area contributed by atoms with Crippen molar-refractivity contribution in [2.24, 2.45) is 0 Å². The van der Waals surface area contributed by atoms with Gasteiger partial charge in [-0.2, -0.15) is 0 Å². The van der Waals surface area contributed by atoms with Gasteiger partial charge in [-0.25, -0.2) is 0 Å². The molecule has 138 valence electrons. The molecule has 35 heavy (non-hydrogen) atoms. The van der Waals surface area contributed by atoms with Crippen LogP contribution in [0.25, 0.3) is 44.2 Å². The highest BCUT2D eigenvalue weighted by Crippen LogP contribution is 2.39. The monoisotopic (exact) mass is 420 g/mol. The molecule has 1 nitrogen and oxygen atoms in total. The van der Waals surface area contributed by atoms with Crippen LogP contribution in [0.5, 0.6) is 0 Å². The largest absolute Gasteiger partial charge is 0.455 e. The van der Waals surface area contributed by atoms with Crippen molar-refractivity contribution in [2.45, 2.75) is 0 Å². The molecule has 4 aromatic carbocycles. The van der Waals surface area contributed by atoms with Crippen LogP contribution in [0.4, 0.5) is 0 Å². The highest BCUT2D eigenvalue weighted by atomic mass is 16.3. The van der Waals surface area contributed by atoms with E-state index in [9.17, 15) is 0 Å². The molecule has 0 aliphatic heterocycles. The summed E-state index contributed by atoms with van der Waals surface area (Å²) in [6.07, 6.45) is 0. The lowest BCUT2D eigenvalue weighted by molar-refractivity contribution is 0.670. The lowest BCUT2D eigenvalue weighted by Gasteiger charge is -2.26. The Balaban J connectivity index is 2.05. The van der Waals surface area contributed by atoms with Gasteiger partial charge >= 0.3 is 0 Å². The highest BCUT2D eigenvalue weighted by molar-refractivity contribution is 6.70. The maximum absolute atomic E-state index is 6.46. The fourth-order valence-electron chi connectivity index (χ4n) is 4.50. The predicted molar refractivity (Wildman–Crippen MR) is 158 cm³/mol. The number of benzene rings is 4. The molecular formula is C24H6B10O.